The fourth-order valence-corrected chi connectivity index (χ4v) is 5.02. The number of carbonyl (C=O) groups excluding carboxylic acids is 1. The van der Waals surface area contributed by atoms with Crippen LogP contribution in [0.1, 0.15) is 71.5 Å². The Bertz CT molecular complexity index is 995. The van der Waals surface area contributed by atoms with Crippen molar-refractivity contribution >= 4 is 12.0 Å². The van der Waals surface area contributed by atoms with E-state index >= 15 is 0 Å². The van der Waals surface area contributed by atoms with Gasteiger partial charge < -0.3 is 19.8 Å². The first kappa shape index (κ1) is 17.1. The number of amides is 1. The van der Waals surface area contributed by atoms with E-state index in [1.54, 1.807) is 6.07 Å². The first-order valence-electron chi connectivity index (χ1n) is 10.7. The summed E-state index contributed by atoms with van der Waals surface area (Å²) in [6.07, 6.45) is 9.90. The molecule has 4 aliphatic rings. The average Bonchev–Trinajstić information content (AvgIpc) is 3.43. The van der Waals surface area contributed by atoms with Gasteiger partial charge in [0.25, 0.3) is 5.91 Å². The van der Waals surface area contributed by atoms with Crippen molar-refractivity contribution in [2.45, 2.75) is 50.0 Å². The summed E-state index contributed by atoms with van der Waals surface area (Å²) in [6.45, 7) is 1.07. The van der Waals surface area contributed by atoms with E-state index in [9.17, 15) is 4.79 Å². The topological polar surface area (TPSA) is 76.2 Å². The van der Waals surface area contributed by atoms with Gasteiger partial charge in [0, 0.05) is 29.1 Å². The molecule has 1 aliphatic heterocycles. The Morgan fingerprint density at radius 1 is 1.14 bits per heavy atom. The minimum absolute atomic E-state index is 0.0462. The Balaban J connectivity index is 1.14. The minimum atomic E-state index is -0.0462. The zero-order chi connectivity index (χ0) is 19.4. The van der Waals surface area contributed by atoms with Crippen molar-refractivity contribution in [3.8, 4) is 11.5 Å². The van der Waals surface area contributed by atoms with E-state index in [1.807, 2.05) is 12.1 Å². The molecule has 1 aromatic carbocycles. The Morgan fingerprint density at radius 3 is 2.97 bits per heavy atom. The Morgan fingerprint density at radius 2 is 2.03 bits per heavy atom. The van der Waals surface area contributed by atoms with Crippen molar-refractivity contribution in [3.05, 3.63) is 47.1 Å². The molecule has 2 aromatic rings. The van der Waals surface area contributed by atoms with Crippen LogP contribution in [0.15, 0.2) is 24.3 Å². The minimum Gasteiger partial charge on any atom is -0.486 e. The molecule has 0 spiro atoms. The van der Waals surface area contributed by atoms with Crippen LogP contribution < -0.4 is 14.8 Å². The van der Waals surface area contributed by atoms with Crippen molar-refractivity contribution < 1.29 is 14.3 Å². The van der Waals surface area contributed by atoms with Crippen LogP contribution in [0.5, 0.6) is 11.5 Å². The number of H-pyrrole nitrogens is 1. The van der Waals surface area contributed by atoms with Crippen molar-refractivity contribution in [3.63, 3.8) is 0 Å². The normalized spacial score (nSPS) is 29.0. The molecule has 2 unspecified atom stereocenters. The van der Waals surface area contributed by atoms with Crippen LogP contribution in [0.2, 0.25) is 0 Å². The van der Waals surface area contributed by atoms with Crippen molar-refractivity contribution in [1.82, 2.24) is 15.3 Å². The molecule has 3 aliphatic carbocycles. The summed E-state index contributed by atoms with van der Waals surface area (Å²) < 4.78 is 11.2. The van der Waals surface area contributed by atoms with Gasteiger partial charge in [-0.25, -0.2) is 4.98 Å². The maximum atomic E-state index is 12.8. The van der Waals surface area contributed by atoms with Crippen LogP contribution in [0.3, 0.4) is 0 Å². The van der Waals surface area contributed by atoms with E-state index < -0.39 is 0 Å². The second kappa shape index (κ2) is 6.65. The van der Waals surface area contributed by atoms with Gasteiger partial charge in [-0.1, -0.05) is 12.5 Å². The zero-order valence-electron chi connectivity index (χ0n) is 16.3. The van der Waals surface area contributed by atoms with E-state index in [4.69, 9.17) is 14.5 Å². The largest absolute Gasteiger partial charge is 0.486 e. The van der Waals surface area contributed by atoms with E-state index in [0.29, 0.717) is 42.1 Å². The number of benzene rings is 1. The second-order valence-electron chi connectivity index (χ2n) is 8.68. The third-order valence-corrected chi connectivity index (χ3v) is 6.69. The van der Waals surface area contributed by atoms with E-state index in [0.717, 1.165) is 43.1 Å². The van der Waals surface area contributed by atoms with Crippen LogP contribution in [0, 0.1) is 5.92 Å². The molecule has 2 fully saturated rings. The molecule has 4 atom stereocenters. The highest BCUT2D eigenvalue weighted by atomic mass is 16.6. The summed E-state index contributed by atoms with van der Waals surface area (Å²) in [7, 11) is 0. The SMILES string of the molecule is O=C(N[C@@H]1CCC[C@H](c2nc3c([nH]2)C2CC2C=C3)C1)c1ccc2c(c1)OCCO2. The monoisotopic (exact) mass is 391 g/mol. The van der Waals surface area contributed by atoms with Crippen molar-refractivity contribution in [2.24, 2.45) is 5.92 Å². The first-order valence-corrected chi connectivity index (χ1v) is 10.7. The number of allylic oxidation sites excluding steroid dienone is 1. The Labute approximate surface area is 169 Å². The fraction of sp³-hybridized carbons (Fsp3) is 0.478. The lowest BCUT2D eigenvalue weighted by Gasteiger charge is -2.29. The van der Waals surface area contributed by atoms with Gasteiger partial charge in [-0.2, -0.15) is 0 Å². The van der Waals surface area contributed by atoms with E-state index in [2.05, 4.69) is 22.5 Å². The van der Waals surface area contributed by atoms with Crippen LogP contribution in [0.4, 0.5) is 0 Å². The summed E-state index contributed by atoms with van der Waals surface area (Å²) in [5.41, 5.74) is 3.07. The first-order chi connectivity index (χ1) is 14.2. The van der Waals surface area contributed by atoms with Gasteiger partial charge >= 0.3 is 0 Å². The highest BCUT2D eigenvalue weighted by Crippen LogP contribution is 2.52. The molecule has 29 heavy (non-hydrogen) atoms. The molecule has 2 N–H and O–H groups in total. The molecule has 0 bridgehead atoms. The molecule has 1 amide bonds. The smallest absolute Gasteiger partial charge is 0.251 e. The van der Waals surface area contributed by atoms with E-state index in [1.165, 1.54) is 12.1 Å². The number of aromatic nitrogens is 2. The average molecular weight is 391 g/mol. The number of hydrogen-bond acceptors (Lipinski definition) is 4. The Hall–Kier alpha value is -2.76. The molecule has 6 heteroatoms. The lowest BCUT2D eigenvalue weighted by Crippen LogP contribution is -2.38. The lowest BCUT2D eigenvalue weighted by molar-refractivity contribution is 0.0923. The zero-order valence-corrected chi connectivity index (χ0v) is 16.3. The number of fused-ring (bicyclic) bond motifs is 4. The van der Waals surface area contributed by atoms with Crippen LogP contribution in [-0.2, 0) is 0 Å². The summed E-state index contributed by atoms with van der Waals surface area (Å²) in [4.78, 5) is 21.3. The highest BCUT2D eigenvalue weighted by Gasteiger charge is 2.42. The number of imidazole rings is 1. The van der Waals surface area contributed by atoms with Gasteiger partial charge in [0.1, 0.15) is 19.0 Å². The standard InChI is InChI=1S/C23H25N3O3/c27-23(15-5-7-19-20(12-15)29-9-8-28-19)24-16-3-1-2-14(10-16)22-25-18-6-4-13-11-17(13)21(18)26-22/h4-7,12-14,16-17H,1-3,8-11H2,(H,24,27)(H,25,26)/t13?,14-,16+,17?/m0/s1. The molecular weight excluding hydrogens is 366 g/mol. The van der Waals surface area contributed by atoms with Gasteiger partial charge in [-0.05, 0) is 55.9 Å². The third kappa shape index (κ3) is 3.11. The second-order valence-corrected chi connectivity index (χ2v) is 8.68. The van der Waals surface area contributed by atoms with Gasteiger partial charge in [0.15, 0.2) is 11.5 Å². The van der Waals surface area contributed by atoms with Crippen LogP contribution >= 0.6 is 0 Å². The molecule has 2 saturated carbocycles. The molecule has 0 radical (unpaired) electrons. The number of ether oxygens (including phenoxy) is 2. The maximum absolute atomic E-state index is 12.8. The molecule has 1 aromatic heterocycles. The third-order valence-electron chi connectivity index (χ3n) is 6.69. The van der Waals surface area contributed by atoms with Gasteiger partial charge in [-0.3, -0.25) is 4.79 Å². The number of nitrogens with one attached hydrogen (secondary N) is 2. The quantitative estimate of drug-likeness (QED) is 0.835. The Kier molecular flexibility index (Phi) is 3.93. The molecule has 6 rings (SSSR count). The number of nitrogens with zero attached hydrogens (tertiary/aromatic N) is 1. The molecular formula is C23H25N3O3. The summed E-state index contributed by atoms with van der Waals surface area (Å²) in [5.74, 6) is 4.18. The lowest BCUT2D eigenvalue weighted by atomic mass is 9.85. The predicted molar refractivity (Wildman–Crippen MR) is 108 cm³/mol. The summed E-state index contributed by atoms with van der Waals surface area (Å²) in [6, 6.07) is 5.57. The van der Waals surface area contributed by atoms with Gasteiger partial charge in [0.05, 0.1) is 5.69 Å². The van der Waals surface area contributed by atoms with Crippen molar-refractivity contribution in [2.75, 3.05) is 13.2 Å². The molecule has 2 heterocycles. The fourth-order valence-electron chi connectivity index (χ4n) is 5.02. The number of carbonyl (C=O) groups is 1. The van der Waals surface area contributed by atoms with Crippen LogP contribution in [-0.4, -0.2) is 35.1 Å². The summed E-state index contributed by atoms with van der Waals surface area (Å²) in [5, 5.41) is 3.23. The van der Waals surface area contributed by atoms with E-state index in [-0.39, 0.29) is 11.9 Å². The van der Waals surface area contributed by atoms with Crippen LogP contribution in [0.25, 0.3) is 6.08 Å². The number of rotatable bonds is 3. The number of aromatic amines is 1. The highest BCUT2D eigenvalue weighted by molar-refractivity contribution is 5.95. The van der Waals surface area contributed by atoms with Crippen molar-refractivity contribution in [1.29, 1.82) is 0 Å². The van der Waals surface area contributed by atoms with Gasteiger partial charge in [0.2, 0.25) is 0 Å². The summed E-state index contributed by atoms with van der Waals surface area (Å²) >= 11 is 0. The molecule has 0 saturated heterocycles. The maximum Gasteiger partial charge on any atom is 0.251 e. The molecule has 150 valence electrons. The molecule has 6 nitrogen and oxygen atoms in total. The van der Waals surface area contributed by atoms with Gasteiger partial charge in [-0.15, -0.1) is 0 Å². The number of hydrogen-bond donors (Lipinski definition) is 2. The predicted octanol–water partition coefficient (Wildman–Crippen LogP) is 3.77.